The number of nitrogens with two attached hydrogens (primary N) is 1. The molecule has 0 aliphatic heterocycles. The third-order valence-corrected chi connectivity index (χ3v) is 4.37. The zero-order valence-corrected chi connectivity index (χ0v) is 17.4. The van der Waals surface area contributed by atoms with Gasteiger partial charge in [0.15, 0.2) is 5.78 Å². The maximum absolute atomic E-state index is 12.3. The van der Waals surface area contributed by atoms with Crippen LogP contribution in [0.15, 0.2) is 30.3 Å². The summed E-state index contributed by atoms with van der Waals surface area (Å²) < 4.78 is 4.96. The van der Waals surface area contributed by atoms with Crippen LogP contribution in [0.4, 0.5) is 0 Å². The van der Waals surface area contributed by atoms with Crippen LogP contribution in [0.25, 0.3) is 0 Å². The Morgan fingerprint density at radius 2 is 1.70 bits per heavy atom. The van der Waals surface area contributed by atoms with E-state index in [4.69, 9.17) is 10.5 Å². The van der Waals surface area contributed by atoms with E-state index < -0.39 is 46.0 Å². The minimum Gasteiger partial charge on any atom is -0.454 e. The molecule has 0 radical (unpaired) electrons. The van der Waals surface area contributed by atoms with Gasteiger partial charge < -0.3 is 15.8 Å². The zero-order chi connectivity index (χ0) is 20.8. The molecule has 27 heavy (non-hydrogen) atoms. The van der Waals surface area contributed by atoms with Crippen LogP contribution >= 0.6 is 15.9 Å². The van der Waals surface area contributed by atoms with Gasteiger partial charge in [-0.25, -0.2) is 4.79 Å². The van der Waals surface area contributed by atoms with E-state index in [0.29, 0.717) is 6.42 Å². The average Bonchev–Trinajstić information content (AvgIpc) is 2.58. The number of Topliss-reactive ketones (excluding diaryl/α,β-unsaturated/α-hetero) is 2. The molecule has 7 nitrogen and oxygen atoms in total. The summed E-state index contributed by atoms with van der Waals surface area (Å²) in [6.45, 7) is 6.26. The highest BCUT2D eigenvalue weighted by molar-refractivity contribution is 9.10. The van der Waals surface area contributed by atoms with Gasteiger partial charge in [-0.15, -0.1) is 0 Å². The Morgan fingerprint density at radius 1 is 1.15 bits per heavy atom. The fourth-order valence-corrected chi connectivity index (χ4v) is 2.72. The summed E-state index contributed by atoms with van der Waals surface area (Å²) in [5.41, 5.74) is 5.91. The fraction of sp³-hybridized carbons (Fsp3) is 0.474. The Hall–Kier alpha value is -2.06. The molecule has 0 bridgehead atoms. The van der Waals surface area contributed by atoms with Crippen molar-refractivity contribution in [2.24, 2.45) is 5.73 Å². The highest BCUT2D eigenvalue weighted by Crippen LogP contribution is 2.12. The highest BCUT2D eigenvalue weighted by Gasteiger charge is 2.35. The van der Waals surface area contributed by atoms with Gasteiger partial charge >= 0.3 is 5.97 Å². The number of amides is 1. The molecule has 8 heteroatoms. The number of carbonyl (C=O) groups excluding carboxylic acids is 4. The smallest absolute Gasteiger partial charge is 0.376 e. The van der Waals surface area contributed by atoms with Gasteiger partial charge in [-0.05, 0) is 39.7 Å². The Labute approximate surface area is 167 Å². The molecule has 1 rings (SSSR count). The third-order valence-electron chi connectivity index (χ3n) is 3.50. The van der Waals surface area contributed by atoms with Gasteiger partial charge in [0.2, 0.25) is 5.91 Å². The van der Waals surface area contributed by atoms with Gasteiger partial charge in [0, 0.05) is 0 Å². The fourth-order valence-electron chi connectivity index (χ4n) is 2.13. The van der Waals surface area contributed by atoms with Gasteiger partial charge in [-0.3, -0.25) is 14.4 Å². The summed E-state index contributed by atoms with van der Waals surface area (Å²) >= 11 is 2.92. The van der Waals surface area contributed by atoms with E-state index in [-0.39, 0.29) is 0 Å². The molecule has 0 aliphatic carbocycles. The second-order valence-corrected chi connectivity index (χ2v) is 8.07. The molecule has 0 saturated carbocycles. The van der Waals surface area contributed by atoms with Crippen LogP contribution in [-0.4, -0.2) is 46.0 Å². The molecule has 0 fully saturated rings. The molecule has 0 aliphatic rings. The third kappa shape index (κ3) is 7.60. The normalized spacial score (nSPS) is 14.6. The first-order valence-electron chi connectivity index (χ1n) is 8.47. The molecule has 1 aromatic carbocycles. The maximum atomic E-state index is 12.3. The molecule has 0 aromatic heterocycles. The molecular formula is C19H25BrN2O5. The summed E-state index contributed by atoms with van der Waals surface area (Å²) in [4.78, 5) is 47.0. The van der Waals surface area contributed by atoms with E-state index >= 15 is 0 Å². The number of hydrogen-bond donors (Lipinski definition) is 2. The van der Waals surface area contributed by atoms with Crippen molar-refractivity contribution >= 4 is 39.4 Å². The number of benzene rings is 1. The molecule has 3 N–H and O–H groups in total. The second kappa shape index (κ2) is 9.75. The van der Waals surface area contributed by atoms with Gasteiger partial charge in [-0.1, -0.05) is 46.3 Å². The number of ketones is 2. The number of rotatable bonds is 8. The topological polar surface area (TPSA) is 116 Å². The standard InChI is InChI=1S/C19H25BrN2O5/c1-11(15(23)14(20)16(24)18(26)27-19(2,3)4)22-17(25)13(21)10-12-8-6-5-7-9-12/h5-9,11,13-14H,10,21H2,1-4H3,(H,22,25)/t11-,13-,14?/m0/s1. The molecule has 3 atom stereocenters. The summed E-state index contributed by atoms with van der Waals surface area (Å²) in [6.07, 6.45) is 0.308. The molecule has 148 valence electrons. The van der Waals surface area contributed by atoms with Gasteiger partial charge in [0.25, 0.3) is 5.78 Å². The summed E-state index contributed by atoms with van der Waals surface area (Å²) in [6, 6.07) is 7.36. The number of nitrogens with one attached hydrogen (secondary N) is 1. The lowest BCUT2D eigenvalue weighted by Crippen LogP contribution is -2.51. The molecular weight excluding hydrogens is 416 g/mol. The molecule has 1 aromatic rings. The van der Waals surface area contributed by atoms with E-state index in [1.165, 1.54) is 6.92 Å². The molecule has 1 unspecified atom stereocenters. The van der Waals surface area contributed by atoms with E-state index in [9.17, 15) is 19.2 Å². The molecule has 0 saturated heterocycles. The lowest BCUT2D eigenvalue weighted by atomic mass is 10.0. The van der Waals surface area contributed by atoms with E-state index in [1.54, 1.807) is 20.8 Å². The zero-order valence-electron chi connectivity index (χ0n) is 15.8. The van der Waals surface area contributed by atoms with Crippen LogP contribution in [0.3, 0.4) is 0 Å². The van der Waals surface area contributed by atoms with Crippen LogP contribution in [0.1, 0.15) is 33.3 Å². The summed E-state index contributed by atoms with van der Waals surface area (Å²) in [5, 5.41) is 2.47. The van der Waals surface area contributed by atoms with E-state index in [1.807, 2.05) is 30.3 Å². The molecule has 0 heterocycles. The van der Waals surface area contributed by atoms with Crippen molar-refractivity contribution in [1.29, 1.82) is 0 Å². The predicted molar refractivity (Wildman–Crippen MR) is 104 cm³/mol. The number of hydrogen-bond acceptors (Lipinski definition) is 6. The van der Waals surface area contributed by atoms with Crippen molar-refractivity contribution < 1.29 is 23.9 Å². The minimum atomic E-state index is -1.41. The second-order valence-electron chi connectivity index (χ2n) is 7.16. The lowest BCUT2D eigenvalue weighted by molar-refractivity contribution is -0.162. The monoisotopic (exact) mass is 440 g/mol. The first kappa shape index (κ1) is 23.0. The van der Waals surface area contributed by atoms with Crippen LogP contribution in [0.5, 0.6) is 0 Å². The Balaban J connectivity index is 2.62. The quantitative estimate of drug-likeness (QED) is 0.272. The number of ether oxygens (including phenoxy) is 1. The average molecular weight is 441 g/mol. The van der Waals surface area contributed by atoms with Gasteiger partial charge in [-0.2, -0.15) is 0 Å². The molecule has 0 spiro atoms. The van der Waals surface area contributed by atoms with Crippen molar-refractivity contribution in [3.05, 3.63) is 35.9 Å². The van der Waals surface area contributed by atoms with E-state index in [2.05, 4.69) is 21.2 Å². The van der Waals surface area contributed by atoms with Gasteiger partial charge in [0.1, 0.15) is 10.4 Å². The van der Waals surface area contributed by atoms with Crippen LogP contribution < -0.4 is 11.1 Å². The maximum Gasteiger partial charge on any atom is 0.376 e. The minimum absolute atomic E-state index is 0.308. The first-order chi connectivity index (χ1) is 12.4. The van der Waals surface area contributed by atoms with Crippen molar-refractivity contribution in [2.45, 2.75) is 56.6 Å². The highest BCUT2D eigenvalue weighted by atomic mass is 79.9. The summed E-state index contributed by atoms with van der Waals surface area (Å²) in [7, 11) is 0. The molecule has 1 amide bonds. The SMILES string of the molecule is C[C@H](NC(=O)[C@@H](N)Cc1ccccc1)C(=O)C(Br)C(=O)C(=O)OC(C)(C)C. The van der Waals surface area contributed by atoms with Crippen LogP contribution in [0, 0.1) is 0 Å². The van der Waals surface area contributed by atoms with Crippen molar-refractivity contribution in [3.8, 4) is 0 Å². The van der Waals surface area contributed by atoms with Crippen LogP contribution in [0.2, 0.25) is 0 Å². The van der Waals surface area contributed by atoms with Crippen molar-refractivity contribution in [3.63, 3.8) is 0 Å². The van der Waals surface area contributed by atoms with Crippen molar-refractivity contribution in [2.75, 3.05) is 0 Å². The number of carbonyl (C=O) groups is 4. The largest absolute Gasteiger partial charge is 0.454 e. The Kier molecular flexibility index (Phi) is 8.30. The summed E-state index contributed by atoms with van der Waals surface area (Å²) in [5.74, 6) is -3.32. The Bertz CT molecular complexity index is 700. The van der Waals surface area contributed by atoms with Gasteiger partial charge in [0.05, 0.1) is 12.1 Å². The Morgan fingerprint density at radius 3 is 2.22 bits per heavy atom. The van der Waals surface area contributed by atoms with E-state index in [0.717, 1.165) is 5.56 Å². The van der Waals surface area contributed by atoms with Crippen LogP contribution in [-0.2, 0) is 30.3 Å². The van der Waals surface area contributed by atoms with Crippen molar-refractivity contribution in [1.82, 2.24) is 5.32 Å². The number of halogens is 1. The first-order valence-corrected chi connectivity index (χ1v) is 9.39. The number of esters is 1. The number of alkyl halides is 1. The predicted octanol–water partition coefficient (Wildman–Crippen LogP) is 1.30. The lowest BCUT2D eigenvalue weighted by Gasteiger charge is -2.21.